The van der Waals surface area contributed by atoms with Crippen molar-refractivity contribution in [3.63, 3.8) is 0 Å². The van der Waals surface area contributed by atoms with Crippen molar-refractivity contribution in [1.29, 1.82) is 0 Å². The summed E-state index contributed by atoms with van der Waals surface area (Å²) in [6.07, 6.45) is 0. The monoisotopic (exact) mass is 837 g/mol. The average Bonchev–Trinajstić information content (AvgIpc) is 3.52. The van der Waals surface area contributed by atoms with Gasteiger partial charge >= 0.3 is 0 Å². The Bertz CT molecular complexity index is 4190. The number of anilines is 3. The zero-order valence-corrected chi connectivity index (χ0v) is 35.9. The van der Waals surface area contributed by atoms with E-state index in [0.717, 1.165) is 50.8 Å². The van der Waals surface area contributed by atoms with Gasteiger partial charge in [0.25, 0.3) is 0 Å². The van der Waals surface area contributed by atoms with Crippen LogP contribution in [0.1, 0.15) is 0 Å². The maximum Gasteiger partial charge on any atom is 0.135 e. The SMILES string of the molecule is c1ccc(N(c2ccc3c(c2)-c2ccccc2-c2ccccc2O3)c2ccc3c(c2)c2ccccc2c2ccccc2c2ccccc2c2c3cc3ccc4cccc5ccc2c3c45)cc1. The molecule has 306 valence electrons. The molecule has 0 spiro atoms. The summed E-state index contributed by atoms with van der Waals surface area (Å²) < 4.78 is 6.73. The lowest BCUT2D eigenvalue weighted by Gasteiger charge is -2.27. The quantitative estimate of drug-likeness (QED) is 0.164. The molecule has 0 aromatic heterocycles. The fourth-order valence-electron chi connectivity index (χ4n) is 11.1. The summed E-state index contributed by atoms with van der Waals surface area (Å²) in [5.41, 5.74) is 7.62. The van der Waals surface area contributed by atoms with Crippen LogP contribution in [0.4, 0.5) is 17.1 Å². The van der Waals surface area contributed by atoms with Crippen LogP contribution in [0.5, 0.6) is 11.5 Å². The van der Waals surface area contributed by atoms with Crippen LogP contribution >= 0.6 is 0 Å². The van der Waals surface area contributed by atoms with E-state index in [-0.39, 0.29) is 0 Å². The van der Waals surface area contributed by atoms with E-state index in [1.807, 2.05) is 6.07 Å². The molecule has 0 amide bonds. The van der Waals surface area contributed by atoms with Gasteiger partial charge in [0, 0.05) is 28.2 Å². The minimum absolute atomic E-state index is 0.837. The molecule has 66 heavy (non-hydrogen) atoms. The predicted molar refractivity (Wildman–Crippen MR) is 281 cm³/mol. The van der Waals surface area contributed by atoms with Crippen molar-refractivity contribution in [3.05, 3.63) is 237 Å². The molecule has 0 aliphatic carbocycles. The van der Waals surface area contributed by atoms with Crippen molar-refractivity contribution in [1.82, 2.24) is 0 Å². The number of fused-ring (bicyclic) bond motifs is 16. The Morgan fingerprint density at radius 3 is 1.45 bits per heavy atom. The van der Waals surface area contributed by atoms with Crippen molar-refractivity contribution in [2.45, 2.75) is 0 Å². The lowest BCUT2D eigenvalue weighted by molar-refractivity contribution is 0.488. The van der Waals surface area contributed by atoms with Crippen molar-refractivity contribution < 1.29 is 4.74 Å². The molecule has 2 heteroatoms. The number of rotatable bonds is 3. The van der Waals surface area contributed by atoms with Crippen molar-refractivity contribution in [2.24, 2.45) is 0 Å². The standard InChI is InChI=1S/C64H39NO/c1-2-17-43(18-3-1)65(45-33-36-61-58(39-45)52-25-9-7-22-49(52)54-26-12-13-28-60(54)66-61)44-32-35-53-57(38-44)51-24-8-6-21-48(51)46-19-4-5-20-47(46)50-23-10-11-27-55(50)64-56-34-31-41-16-14-15-40-29-30-42(37-59(53)64)63(56)62(40)41/h1-39H. The second-order valence-electron chi connectivity index (χ2n) is 17.5. The maximum absolute atomic E-state index is 6.73. The normalized spacial score (nSPS) is 12.1. The second kappa shape index (κ2) is 14.4. The van der Waals surface area contributed by atoms with E-state index in [2.05, 4.69) is 235 Å². The molecular formula is C64H39NO. The molecular weight excluding hydrogens is 799 g/mol. The summed E-state index contributed by atoms with van der Waals surface area (Å²) in [5, 5.41) is 19.8. The van der Waals surface area contributed by atoms with E-state index in [9.17, 15) is 0 Å². The summed E-state index contributed by atoms with van der Waals surface area (Å²) in [5.74, 6) is 1.70. The number of hydrogen-bond acceptors (Lipinski definition) is 2. The number of hydrogen-bond donors (Lipinski definition) is 0. The Hall–Kier alpha value is -8.72. The smallest absolute Gasteiger partial charge is 0.135 e. The van der Waals surface area contributed by atoms with E-state index in [4.69, 9.17) is 4.74 Å². The van der Waals surface area contributed by atoms with Crippen LogP contribution in [-0.2, 0) is 0 Å². The van der Waals surface area contributed by atoms with E-state index < -0.39 is 0 Å². The van der Waals surface area contributed by atoms with E-state index >= 15 is 0 Å². The van der Waals surface area contributed by atoms with Gasteiger partial charge in [-0.1, -0.05) is 182 Å². The molecule has 13 aromatic carbocycles. The van der Waals surface area contributed by atoms with Crippen LogP contribution < -0.4 is 9.64 Å². The van der Waals surface area contributed by atoms with Crippen LogP contribution in [0.25, 0.3) is 108 Å². The third kappa shape index (κ3) is 5.49. The highest BCUT2D eigenvalue weighted by Crippen LogP contribution is 2.50. The fourth-order valence-corrected chi connectivity index (χ4v) is 11.1. The van der Waals surface area contributed by atoms with E-state index in [1.54, 1.807) is 0 Å². The zero-order chi connectivity index (χ0) is 43.3. The highest BCUT2D eigenvalue weighted by atomic mass is 16.5. The molecule has 0 fully saturated rings. The van der Waals surface area contributed by atoms with E-state index in [1.165, 1.54) is 86.2 Å². The molecule has 0 atom stereocenters. The predicted octanol–water partition coefficient (Wildman–Crippen LogP) is 18.4. The molecule has 14 rings (SSSR count). The number of para-hydroxylation sites is 2. The molecule has 0 N–H and O–H groups in total. The summed E-state index contributed by atoms with van der Waals surface area (Å²) in [6, 6.07) is 86.9. The molecule has 0 saturated carbocycles. The van der Waals surface area contributed by atoms with Crippen molar-refractivity contribution in [2.75, 3.05) is 4.90 Å². The Kier molecular flexibility index (Phi) is 8.02. The molecule has 0 bridgehead atoms. The van der Waals surface area contributed by atoms with Gasteiger partial charge in [-0.05, 0) is 152 Å². The third-order valence-electron chi connectivity index (χ3n) is 14.0. The van der Waals surface area contributed by atoms with Crippen LogP contribution in [0.3, 0.4) is 0 Å². The van der Waals surface area contributed by atoms with Gasteiger partial charge in [-0.15, -0.1) is 0 Å². The average molecular weight is 838 g/mol. The molecule has 13 aromatic rings. The molecule has 0 saturated heterocycles. The van der Waals surface area contributed by atoms with Gasteiger partial charge in [0.2, 0.25) is 0 Å². The maximum atomic E-state index is 6.73. The van der Waals surface area contributed by atoms with Crippen molar-refractivity contribution >= 4 is 103 Å². The fraction of sp³-hybridized carbons (Fsp3) is 0. The summed E-state index contributed by atoms with van der Waals surface area (Å²) in [6.45, 7) is 0. The minimum atomic E-state index is 0.837. The zero-order valence-electron chi connectivity index (χ0n) is 35.9. The van der Waals surface area contributed by atoms with Gasteiger partial charge in [0.15, 0.2) is 0 Å². The summed E-state index contributed by atoms with van der Waals surface area (Å²) >= 11 is 0. The highest BCUT2D eigenvalue weighted by Gasteiger charge is 2.23. The van der Waals surface area contributed by atoms with Gasteiger partial charge in [-0.25, -0.2) is 0 Å². The first-order valence-corrected chi connectivity index (χ1v) is 22.7. The first-order chi connectivity index (χ1) is 32.7. The van der Waals surface area contributed by atoms with Crippen LogP contribution in [-0.4, -0.2) is 0 Å². The first-order valence-electron chi connectivity index (χ1n) is 22.7. The first kappa shape index (κ1) is 36.7. The summed E-state index contributed by atoms with van der Waals surface area (Å²) in [4.78, 5) is 2.40. The Morgan fingerprint density at radius 1 is 0.227 bits per heavy atom. The third-order valence-corrected chi connectivity index (χ3v) is 14.0. The lowest BCUT2D eigenvalue weighted by Crippen LogP contribution is -2.10. The highest BCUT2D eigenvalue weighted by molar-refractivity contribution is 6.36. The topological polar surface area (TPSA) is 12.5 Å². The molecule has 1 heterocycles. The number of ether oxygens (including phenoxy) is 1. The van der Waals surface area contributed by atoms with Gasteiger partial charge in [0.1, 0.15) is 11.5 Å². The van der Waals surface area contributed by atoms with Crippen LogP contribution in [0, 0.1) is 0 Å². The Morgan fingerprint density at radius 2 is 0.727 bits per heavy atom. The van der Waals surface area contributed by atoms with Crippen LogP contribution in [0.15, 0.2) is 237 Å². The van der Waals surface area contributed by atoms with Gasteiger partial charge in [0.05, 0.1) is 0 Å². The number of nitrogens with zero attached hydrogens (tertiary/aromatic N) is 1. The second-order valence-corrected chi connectivity index (χ2v) is 17.5. The minimum Gasteiger partial charge on any atom is -0.456 e. The summed E-state index contributed by atoms with van der Waals surface area (Å²) in [7, 11) is 0. The van der Waals surface area contributed by atoms with Crippen molar-refractivity contribution in [3.8, 4) is 33.8 Å². The van der Waals surface area contributed by atoms with Gasteiger partial charge < -0.3 is 9.64 Å². The molecule has 1 aliphatic heterocycles. The largest absolute Gasteiger partial charge is 0.456 e. The molecule has 0 radical (unpaired) electrons. The molecule has 0 unspecified atom stereocenters. The lowest BCUT2D eigenvalue weighted by atomic mass is 9.88. The molecule has 1 aliphatic rings. The Balaban J connectivity index is 1.14. The Labute approximate surface area is 381 Å². The van der Waals surface area contributed by atoms with Gasteiger partial charge in [-0.2, -0.15) is 0 Å². The molecule has 2 nitrogen and oxygen atoms in total. The van der Waals surface area contributed by atoms with Gasteiger partial charge in [-0.3, -0.25) is 0 Å². The van der Waals surface area contributed by atoms with E-state index in [0.29, 0.717) is 0 Å². The van der Waals surface area contributed by atoms with Crippen LogP contribution in [0.2, 0.25) is 0 Å². The number of benzene rings is 12.